The van der Waals surface area contributed by atoms with E-state index < -0.39 is 0 Å². The van der Waals surface area contributed by atoms with E-state index in [1.165, 1.54) is 43.6 Å². The molecule has 2 fully saturated rings. The minimum absolute atomic E-state index is 0.626. The summed E-state index contributed by atoms with van der Waals surface area (Å²) in [6.45, 7) is 7.74. The maximum Gasteiger partial charge on any atom is 0.120 e. The van der Waals surface area contributed by atoms with Gasteiger partial charge in [-0.2, -0.15) is 0 Å². The molecule has 2 aromatic carbocycles. The van der Waals surface area contributed by atoms with Gasteiger partial charge in [0.1, 0.15) is 12.4 Å². The van der Waals surface area contributed by atoms with E-state index in [1.807, 2.05) is 6.07 Å². The molecule has 0 spiro atoms. The highest BCUT2D eigenvalue weighted by Crippen LogP contribution is 2.28. The third-order valence-corrected chi connectivity index (χ3v) is 5.75. The van der Waals surface area contributed by atoms with Crippen LogP contribution in [-0.4, -0.2) is 41.5 Å². The molecular formula is C22H28N2O. The van der Waals surface area contributed by atoms with Gasteiger partial charge in [0, 0.05) is 31.7 Å². The SMILES string of the molecule is C[C@@H]1[C@@H]2CCCN2CCN1Cc1cccc(OCc2ccccc2)c1. The number of nitrogens with zero attached hydrogens (tertiary/aromatic N) is 2. The van der Waals surface area contributed by atoms with Gasteiger partial charge < -0.3 is 4.74 Å². The van der Waals surface area contributed by atoms with E-state index in [9.17, 15) is 0 Å². The molecule has 2 aromatic rings. The highest BCUT2D eigenvalue weighted by Gasteiger charge is 2.36. The van der Waals surface area contributed by atoms with Crippen LogP contribution in [-0.2, 0) is 13.2 Å². The molecule has 2 atom stereocenters. The monoisotopic (exact) mass is 336 g/mol. The van der Waals surface area contributed by atoms with Crippen molar-refractivity contribution in [1.29, 1.82) is 0 Å². The Labute approximate surface area is 151 Å². The molecule has 0 amide bonds. The molecule has 132 valence electrons. The van der Waals surface area contributed by atoms with E-state index in [1.54, 1.807) is 0 Å². The van der Waals surface area contributed by atoms with Gasteiger partial charge in [0.05, 0.1) is 0 Å². The van der Waals surface area contributed by atoms with Gasteiger partial charge in [0.15, 0.2) is 0 Å². The summed E-state index contributed by atoms with van der Waals surface area (Å²) < 4.78 is 5.99. The van der Waals surface area contributed by atoms with Crippen molar-refractivity contribution in [1.82, 2.24) is 9.80 Å². The van der Waals surface area contributed by atoms with Crippen LogP contribution in [0.4, 0.5) is 0 Å². The lowest BCUT2D eigenvalue weighted by atomic mass is 10.0. The van der Waals surface area contributed by atoms with Crippen LogP contribution in [0.2, 0.25) is 0 Å². The molecule has 3 nitrogen and oxygen atoms in total. The zero-order valence-corrected chi connectivity index (χ0v) is 15.1. The van der Waals surface area contributed by atoms with Gasteiger partial charge in [0.25, 0.3) is 0 Å². The van der Waals surface area contributed by atoms with Crippen LogP contribution in [0, 0.1) is 0 Å². The molecule has 0 bridgehead atoms. The van der Waals surface area contributed by atoms with Gasteiger partial charge in [-0.1, -0.05) is 42.5 Å². The zero-order valence-electron chi connectivity index (χ0n) is 15.1. The topological polar surface area (TPSA) is 15.7 Å². The minimum atomic E-state index is 0.626. The van der Waals surface area contributed by atoms with Crippen molar-refractivity contribution in [3.63, 3.8) is 0 Å². The minimum Gasteiger partial charge on any atom is -0.489 e. The van der Waals surface area contributed by atoms with Crippen molar-refractivity contribution >= 4 is 0 Å². The summed E-state index contributed by atoms with van der Waals surface area (Å²) >= 11 is 0. The van der Waals surface area contributed by atoms with Crippen LogP contribution >= 0.6 is 0 Å². The van der Waals surface area contributed by atoms with Gasteiger partial charge in [-0.25, -0.2) is 0 Å². The van der Waals surface area contributed by atoms with Crippen LogP contribution in [0.3, 0.4) is 0 Å². The molecule has 2 heterocycles. The maximum atomic E-state index is 5.99. The average molecular weight is 336 g/mol. The van der Waals surface area contributed by atoms with Crippen molar-refractivity contribution in [2.24, 2.45) is 0 Å². The Bertz CT molecular complexity index is 687. The lowest BCUT2D eigenvalue weighted by molar-refractivity contribution is 0.0470. The number of piperazine rings is 1. The summed E-state index contributed by atoms with van der Waals surface area (Å²) in [6.07, 6.45) is 2.73. The summed E-state index contributed by atoms with van der Waals surface area (Å²) in [5.74, 6) is 0.966. The molecular weight excluding hydrogens is 308 g/mol. The van der Waals surface area contributed by atoms with Crippen molar-refractivity contribution in [3.8, 4) is 5.75 Å². The smallest absolute Gasteiger partial charge is 0.120 e. The molecule has 0 unspecified atom stereocenters. The third-order valence-electron chi connectivity index (χ3n) is 5.75. The predicted molar refractivity (Wildman–Crippen MR) is 102 cm³/mol. The van der Waals surface area contributed by atoms with Crippen LogP contribution < -0.4 is 4.74 Å². The third kappa shape index (κ3) is 3.88. The van der Waals surface area contributed by atoms with Gasteiger partial charge in [0.2, 0.25) is 0 Å². The average Bonchev–Trinajstić information content (AvgIpc) is 3.13. The van der Waals surface area contributed by atoms with Crippen molar-refractivity contribution < 1.29 is 4.74 Å². The molecule has 3 heteroatoms. The van der Waals surface area contributed by atoms with Crippen molar-refractivity contribution in [2.45, 2.75) is 45.0 Å². The first-order valence-corrected chi connectivity index (χ1v) is 9.53. The zero-order chi connectivity index (χ0) is 17.1. The van der Waals surface area contributed by atoms with E-state index in [4.69, 9.17) is 4.74 Å². The molecule has 0 radical (unpaired) electrons. The van der Waals surface area contributed by atoms with Crippen LogP contribution in [0.1, 0.15) is 30.9 Å². The molecule has 0 aromatic heterocycles. The maximum absolute atomic E-state index is 5.99. The number of ether oxygens (including phenoxy) is 1. The standard InChI is InChI=1S/C22H28N2O/c1-18-22-11-6-12-23(22)13-14-24(18)16-20-9-5-10-21(15-20)25-17-19-7-3-2-4-8-19/h2-5,7-10,15,18,22H,6,11-14,16-17H2,1H3/t18-,22+/m1/s1. The molecule has 2 aliphatic heterocycles. The summed E-state index contributed by atoms with van der Waals surface area (Å²) in [6, 6.07) is 20.4. The Kier molecular flexibility index (Phi) is 5.04. The number of hydrogen-bond acceptors (Lipinski definition) is 3. The lowest BCUT2D eigenvalue weighted by Gasteiger charge is -2.43. The summed E-state index contributed by atoms with van der Waals surface area (Å²) in [4.78, 5) is 5.32. The Hall–Kier alpha value is -1.84. The number of fused-ring (bicyclic) bond motifs is 1. The highest BCUT2D eigenvalue weighted by atomic mass is 16.5. The first-order chi connectivity index (χ1) is 12.3. The second-order valence-electron chi connectivity index (χ2n) is 7.38. The van der Waals surface area contributed by atoms with Crippen LogP contribution in [0.25, 0.3) is 0 Å². The quantitative estimate of drug-likeness (QED) is 0.823. The largest absolute Gasteiger partial charge is 0.489 e. The fourth-order valence-electron chi connectivity index (χ4n) is 4.31. The summed E-state index contributed by atoms with van der Waals surface area (Å²) in [7, 11) is 0. The molecule has 0 N–H and O–H groups in total. The van der Waals surface area contributed by atoms with Gasteiger partial charge >= 0.3 is 0 Å². The van der Waals surface area contributed by atoms with E-state index in [0.717, 1.165) is 18.3 Å². The van der Waals surface area contributed by atoms with Gasteiger partial charge in [-0.05, 0) is 49.6 Å². The molecule has 2 saturated heterocycles. The van der Waals surface area contributed by atoms with Crippen molar-refractivity contribution in [2.75, 3.05) is 19.6 Å². The molecule has 2 aliphatic rings. The Morgan fingerprint density at radius 1 is 0.960 bits per heavy atom. The number of benzene rings is 2. The van der Waals surface area contributed by atoms with Crippen molar-refractivity contribution in [3.05, 3.63) is 65.7 Å². The molecule has 25 heavy (non-hydrogen) atoms. The summed E-state index contributed by atoms with van der Waals surface area (Å²) in [5.41, 5.74) is 2.56. The fraction of sp³-hybridized carbons (Fsp3) is 0.455. The fourth-order valence-corrected chi connectivity index (χ4v) is 4.31. The van der Waals surface area contributed by atoms with E-state index in [-0.39, 0.29) is 0 Å². The first kappa shape index (κ1) is 16.6. The lowest BCUT2D eigenvalue weighted by Crippen LogP contribution is -2.55. The number of hydrogen-bond donors (Lipinski definition) is 0. The van der Waals surface area contributed by atoms with Gasteiger partial charge in [-0.3, -0.25) is 9.80 Å². The predicted octanol–water partition coefficient (Wildman–Crippen LogP) is 3.93. The Morgan fingerprint density at radius 3 is 2.68 bits per heavy atom. The van der Waals surface area contributed by atoms with E-state index in [2.05, 4.69) is 65.3 Å². The Balaban J connectivity index is 1.38. The molecule has 4 rings (SSSR count). The molecule has 0 saturated carbocycles. The normalized spacial score (nSPS) is 24.2. The van der Waals surface area contributed by atoms with Crippen LogP contribution in [0.15, 0.2) is 54.6 Å². The van der Waals surface area contributed by atoms with Crippen LogP contribution in [0.5, 0.6) is 5.75 Å². The number of rotatable bonds is 5. The highest BCUT2D eigenvalue weighted by molar-refractivity contribution is 5.29. The summed E-state index contributed by atoms with van der Waals surface area (Å²) in [5, 5.41) is 0. The second-order valence-corrected chi connectivity index (χ2v) is 7.38. The van der Waals surface area contributed by atoms with E-state index >= 15 is 0 Å². The Morgan fingerprint density at radius 2 is 1.80 bits per heavy atom. The van der Waals surface area contributed by atoms with E-state index in [0.29, 0.717) is 12.6 Å². The molecule has 0 aliphatic carbocycles. The van der Waals surface area contributed by atoms with Gasteiger partial charge in [-0.15, -0.1) is 0 Å². The second kappa shape index (κ2) is 7.59. The first-order valence-electron chi connectivity index (χ1n) is 9.53.